The van der Waals surface area contributed by atoms with Crippen molar-refractivity contribution in [3.63, 3.8) is 0 Å². The van der Waals surface area contributed by atoms with E-state index < -0.39 is 0 Å². The Labute approximate surface area is 161 Å². The molecule has 0 amide bonds. The molecule has 27 heavy (non-hydrogen) atoms. The number of allylic oxidation sites excluding steroid dienone is 1. The van der Waals surface area contributed by atoms with Crippen LogP contribution < -0.4 is 10.1 Å². The molecule has 2 rings (SSSR count). The Morgan fingerprint density at radius 1 is 1.15 bits per heavy atom. The molecule has 4 nitrogen and oxygen atoms in total. The highest BCUT2D eigenvalue weighted by Gasteiger charge is 2.17. The number of nitrogens with one attached hydrogen (secondary N) is 1. The zero-order chi connectivity index (χ0) is 20.0. The van der Waals surface area contributed by atoms with Crippen LogP contribution in [0.5, 0.6) is 11.5 Å². The normalized spacial score (nSPS) is 11.2. The highest BCUT2D eigenvalue weighted by molar-refractivity contribution is 6.07. The van der Waals surface area contributed by atoms with Gasteiger partial charge in [0.2, 0.25) is 0 Å². The van der Waals surface area contributed by atoms with E-state index in [2.05, 4.69) is 12.2 Å². The standard InChI is InChI=1S/C23H29NO3/c1-6-16-14-17(7-2)23(27-15(3)4)20(22(16)26)12-13-21(25)18-8-10-19(24-5)11-9-18/h8-15,24,26H,6-7H2,1-5H3. The topological polar surface area (TPSA) is 58.6 Å². The van der Waals surface area contributed by atoms with Crippen LogP contribution in [0.4, 0.5) is 5.69 Å². The summed E-state index contributed by atoms with van der Waals surface area (Å²) in [5.74, 6) is 0.712. The Hall–Kier alpha value is -2.75. The zero-order valence-corrected chi connectivity index (χ0v) is 16.8. The van der Waals surface area contributed by atoms with Crippen LogP contribution in [0, 0.1) is 0 Å². The molecule has 0 aliphatic rings. The highest BCUT2D eigenvalue weighted by atomic mass is 16.5. The molecular weight excluding hydrogens is 338 g/mol. The fourth-order valence-corrected chi connectivity index (χ4v) is 2.92. The van der Waals surface area contributed by atoms with Gasteiger partial charge in [-0.15, -0.1) is 0 Å². The minimum absolute atomic E-state index is 0.0286. The van der Waals surface area contributed by atoms with Gasteiger partial charge in [-0.05, 0) is 80.3 Å². The first kappa shape index (κ1) is 20.6. The van der Waals surface area contributed by atoms with Crippen LogP contribution in [-0.4, -0.2) is 24.0 Å². The molecule has 2 aromatic carbocycles. The number of ketones is 1. The highest BCUT2D eigenvalue weighted by Crippen LogP contribution is 2.37. The molecule has 0 heterocycles. The number of anilines is 1. The van der Waals surface area contributed by atoms with Gasteiger partial charge in [0.1, 0.15) is 11.5 Å². The molecular formula is C23H29NO3. The van der Waals surface area contributed by atoms with Gasteiger partial charge in [-0.3, -0.25) is 4.79 Å². The number of hydrogen-bond acceptors (Lipinski definition) is 4. The Morgan fingerprint density at radius 3 is 2.30 bits per heavy atom. The molecule has 0 saturated heterocycles. The minimum Gasteiger partial charge on any atom is -0.507 e. The van der Waals surface area contributed by atoms with Crippen molar-refractivity contribution in [2.75, 3.05) is 12.4 Å². The summed E-state index contributed by atoms with van der Waals surface area (Å²) in [5, 5.41) is 13.7. The molecule has 2 N–H and O–H groups in total. The Kier molecular flexibility index (Phi) is 7.05. The molecule has 0 bridgehead atoms. The van der Waals surface area contributed by atoms with Gasteiger partial charge in [-0.2, -0.15) is 0 Å². The van der Waals surface area contributed by atoms with Crippen molar-refractivity contribution in [2.45, 2.75) is 46.6 Å². The maximum Gasteiger partial charge on any atom is 0.185 e. The van der Waals surface area contributed by atoms with E-state index in [-0.39, 0.29) is 17.6 Å². The first-order chi connectivity index (χ1) is 12.9. The summed E-state index contributed by atoms with van der Waals surface area (Å²) in [6, 6.07) is 9.27. The number of benzene rings is 2. The molecule has 4 heteroatoms. The van der Waals surface area contributed by atoms with Crippen molar-refractivity contribution in [3.05, 3.63) is 58.7 Å². The maximum atomic E-state index is 12.5. The lowest BCUT2D eigenvalue weighted by Gasteiger charge is -2.19. The van der Waals surface area contributed by atoms with E-state index >= 15 is 0 Å². The number of phenols is 1. The van der Waals surface area contributed by atoms with Gasteiger partial charge >= 0.3 is 0 Å². The predicted molar refractivity (Wildman–Crippen MR) is 112 cm³/mol. The summed E-state index contributed by atoms with van der Waals surface area (Å²) < 4.78 is 5.99. The molecule has 144 valence electrons. The summed E-state index contributed by atoms with van der Waals surface area (Å²) in [4.78, 5) is 12.5. The minimum atomic E-state index is -0.118. The van der Waals surface area contributed by atoms with Crippen LogP contribution in [0.1, 0.15) is 54.7 Å². The van der Waals surface area contributed by atoms with Crippen molar-refractivity contribution in [1.82, 2.24) is 0 Å². The van der Waals surface area contributed by atoms with E-state index in [0.29, 0.717) is 23.3 Å². The van der Waals surface area contributed by atoms with E-state index in [1.54, 1.807) is 18.2 Å². The second-order valence-electron chi connectivity index (χ2n) is 6.68. The largest absolute Gasteiger partial charge is 0.507 e. The van der Waals surface area contributed by atoms with Gasteiger partial charge < -0.3 is 15.2 Å². The number of carbonyl (C=O) groups is 1. The van der Waals surface area contributed by atoms with Crippen molar-refractivity contribution >= 4 is 17.5 Å². The fraction of sp³-hybridized carbons (Fsp3) is 0.348. The number of carbonyl (C=O) groups excluding carboxylic acids is 1. The third-order valence-corrected chi connectivity index (χ3v) is 4.42. The number of rotatable bonds is 8. The molecule has 0 unspecified atom stereocenters. The summed E-state index contributed by atoms with van der Waals surface area (Å²) in [5.41, 5.74) is 4.00. The van der Waals surface area contributed by atoms with Gasteiger partial charge in [-0.25, -0.2) is 0 Å². The van der Waals surface area contributed by atoms with Crippen molar-refractivity contribution in [3.8, 4) is 11.5 Å². The van der Waals surface area contributed by atoms with Crippen LogP contribution in [-0.2, 0) is 12.8 Å². The van der Waals surface area contributed by atoms with Crippen LogP contribution in [0.25, 0.3) is 6.08 Å². The van der Waals surface area contributed by atoms with Crippen LogP contribution >= 0.6 is 0 Å². The number of ether oxygens (including phenoxy) is 1. The molecule has 0 fully saturated rings. The monoisotopic (exact) mass is 367 g/mol. The van der Waals surface area contributed by atoms with Gasteiger partial charge in [0.25, 0.3) is 0 Å². The van der Waals surface area contributed by atoms with Crippen molar-refractivity contribution in [2.24, 2.45) is 0 Å². The van der Waals surface area contributed by atoms with Crippen LogP contribution in [0.3, 0.4) is 0 Å². The molecule has 0 aromatic heterocycles. The second-order valence-corrected chi connectivity index (χ2v) is 6.68. The first-order valence-electron chi connectivity index (χ1n) is 9.45. The van der Waals surface area contributed by atoms with E-state index in [0.717, 1.165) is 23.2 Å². The number of hydrogen-bond donors (Lipinski definition) is 2. The van der Waals surface area contributed by atoms with Gasteiger partial charge in [-0.1, -0.05) is 13.8 Å². The second kappa shape index (κ2) is 9.26. The van der Waals surface area contributed by atoms with Crippen molar-refractivity contribution in [1.29, 1.82) is 0 Å². The zero-order valence-electron chi connectivity index (χ0n) is 16.8. The lowest BCUT2D eigenvalue weighted by molar-refractivity contribution is 0.104. The predicted octanol–water partition coefficient (Wildman–Crippen LogP) is 5.24. The summed E-state index contributed by atoms with van der Waals surface area (Å²) in [6.45, 7) is 7.96. The van der Waals surface area contributed by atoms with E-state index in [9.17, 15) is 9.90 Å². The smallest absolute Gasteiger partial charge is 0.185 e. The van der Waals surface area contributed by atoms with E-state index in [4.69, 9.17) is 4.74 Å². The Morgan fingerprint density at radius 2 is 1.78 bits per heavy atom. The fourth-order valence-electron chi connectivity index (χ4n) is 2.92. The van der Waals surface area contributed by atoms with Crippen molar-refractivity contribution < 1.29 is 14.6 Å². The molecule has 0 aliphatic heterocycles. The molecule has 2 aromatic rings. The number of aryl methyl sites for hydroxylation is 2. The Balaban J connectivity index is 2.45. The maximum absolute atomic E-state index is 12.5. The van der Waals surface area contributed by atoms with Crippen LogP contribution in [0.2, 0.25) is 0 Å². The number of phenolic OH excluding ortho intramolecular Hbond substituents is 1. The molecule has 0 atom stereocenters. The molecule has 0 aliphatic carbocycles. The summed E-state index contributed by atoms with van der Waals surface area (Å²) >= 11 is 0. The number of aromatic hydroxyl groups is 1. The van der Waals surface area contributed by atoms with Gasteiger partial charge in [0, 0.05) is 18.3 Å². The third-order valence-electron chi connectivity index (χ3n) is 4.42. The Bertz CT molecular complexity index is 821. The summed E-state index contributed by atoms with van der Waals surface area (Å²) in [6.07, 6.45) is 4.63. The third kappa shape index (κ3) is 4.91. The SMILES string of the molecule is CCc1cc(CC)c(OC(C)C)c(C=CC(=O)c2ccc(NC)cc2)c1O. The van der Waals surface area contributed by atoms with Crippen LogP contribution in [0.15, 0.2) is 36.4 Å². The molecule has 0 spiro atoms. The van der Waals surface area contributed by atoms with E-state index in [1.165, 1.54) is 6.08 Å². The van der Waals surface area contributed by atoms with Gasteiger partial charge in [0.05, 0.1) is 11.7 Å². The van der Waals surface area contributed by atoms with Gasteiger partial charge in [0.15, 0.2) is 5.78 Å². The quantitative estimate of drug-likeness (QED) is 0.495. The van der Waals surface area contributed by atoms with E-state index in [1.807, 2.05) is 46.0 Å². The lowest BCUT2D eigenvalue weighted by Crippen LogP contribution is -2.09. The molecule has 0 radical (unpaired) electrons. The average Bonchev–Trinajstić information content (AvgIpc) is 2.67. The first-order valence-corrected chi connectivity index (χ1v) is 9.45. The summed E-state index contributed by atoms with van der Waals surface area (Å²) in [7, 11) is 1.84. The lowest BCUT2D eigenvalue weighted by atomic mass is 9.98. The average molecular weight is 367 g/mol. The molecule has 0 saturated carbocycles.